The van der Waals surface area contributed by atoms with Crippen LogP contribution in [0.3, 0.4) is 0 Å². The van der Waals surface area contributed by atoms with Gasteiger partial charge in [-0.05, 0) is 31.5 Å². The summed E-state index contributed by atoms with van der Waals surface area (Å²) in [5.74, 6) is 0.677. The summed E-state index contributed by atoms with van der Waals surface area (Å²) in [4.78, 5) is 10.3. The van der Waals surface area contributed by atoms with E-state index in [4.69, 9.17) is 0 Å². The first kappa shape index (κ1) is 9.86. The van der Waals surface area contributed by atoms with Crippen molar-refractivity contribution in [3.05, 3.63) is 23.3 Å². The Kier molecular flexibility index (Phi) is 3.40. The summed E-state index contributed by atoms with van der Waals surface area (Å²) in [5, 5.41) is 0. The van der Waals surface area contributed by atoms with Gasteiger partial charge in [-0.2, -0.15) is 5.57 Å². The summed E-state index contributed by atoms with van der Waals surface area (Å²) < 4.78 is 0. The molecule has 0 aromatic rings. The van der Waals surface area contributed by atoms with Gasteiger partial charge in [0.15, 0.2) is 0 Å². The van der Waals surface area contributed by atoms with Crippen molar-refractivity contribution < 1.29 is 24.3 Å². The van der Waals surface area contributed by atoms with Gasteiger partial charge in [-0.1, -0.05) is 12.0 Å². The second-order valence-corrected chi connectivity index (χ2v) is 3.33. The molecule has 1 radical (unpaired) electrons. The maximum atomic E-state index is 10.3. The van der Waals surface area contributed by atoms with E-state index in [0.717, 1.165) is 12.0 Å². The second kappa shape index (κ2) is 4.14. The summed E-state index contributed by atoms with van der Waals surface area (Å²) in [6.07, 6.45) is 10.8. The quantitative estimate of drug-likeness (QED) is 0.513. The third-order valence-corrected chi connectivity index (χ3v) is 2.64. The Balaban J connectivity index is 0.000000720. The van der Waals surface area contributed by atoms with Crippen LogP contribution in [0, 0.1) is 5.92 Å². The van der Waals surface area contributed by atoms with Crippen LogP contribution >= 0.6 is 0 Å². The number of rotatable bonds is 1. The molecule has 12 heavy (non-hydrogen) atoms. The predicted octanol–water partition coefficient (Wildman–Crippen LogP) is 2.15. The summed E-state index contributed by atoms with van der Waals surface area (Å²) in [6, 6.07) is 0. The van der Waals surface area contributed by atoms with Crippen molar-refractivity contribution in [2.45, 2.75) is 25.7 Å². The van der Waals surface area contributed by atoms with Crippen molar-refractivity contribution in [2.75, 3.05) is 0 Å². The first-order valence-electron chi connectivity index (χ1n) is 4.18. The fourth-order valence-electron chi connectivity index (χ4n) is 2.01. The van der Waals surface area contributed by atoms with Crippen LogP contribution in [-0.2, 0) is 24.3 Å². The molecule has 1 nitrogen and oxygen atoms in total. The average Bonchev–Trinajstić information content (AvgIpc) is 2.50. The topological polar surface area (TPSA) is 17.1 Å². The zero-order valence-electron chi connectivity index (χ0n) is 6.82. The number of carbonyl (C=O) groups excluding carboxylic acids is 1. The van der Waals surface area contributed by atoms with E-state index in [1.54, 1.807) is 5.57 Å². The van der Waals surface area contributed by atoms with Gasteiger partial charge in [0.25, 0.3) is 0 Å². The third-order valence-electron chi connectivity index (χ3n) is 2.64. The normalized spacial score (nSPS) is 26.5. The van der Waals surface area contributed by atoms with E-state index in [1.807, 2.05) is 12.4 Å². The van der Waals surface area contributed by atoms with Crippen molar-refractivity contribution in [2.24, 2.45) is 5.92 Å². The average molecular weight is 248 g/mol. The van der Waals surface area contributed by atoms with E-state index < -0.39 is 0 Å². The number of hydrogen-bond acceptors (Lipinski definition) is 1. The van der Waals surface area contributed by atoms with Crippen LogP contribution in [0.25, 0.3) is 0 Å². The molecule has 1 unspecified atom stereocenters. The molecule has 0 spiro atoms. The van der Waals surface area contributed by atoms with Crippen LogP contribution in [0.5, 0.6) is 0 Å². The predicted molar refractivity (Wildman–Crippen MR) is 43.8 cm³/mol. The van der Waals surface area contributed by atoms with E-state index in [0.29, 0.717) is 5.92 Å². The van der Waals surface area contributed by atoms with Crippen molar-refractivity contribution in [1.82, 2.24) is 0 Å². The Morgan fingerprint density at radius 2 is 2.25 bits per heavy atom. The molecule has 2 aliphatic rings. The molecule has 0 saturated heterocycles. The minimum absolute atomic E-state index is 0. The maximum Gasteiger partial charge on any atom is 1.00 e. The van der Waals surface area contributed by atoms with E-state index >= 15 is 0 Å². The van der Waals surface area contributed by atoms with Crippen LogP contribution in [0.15, 0.2) is 23.3 Å². The largest absolute Gasteiger partial charge is 1.00 e. The molecular weight excluding hydrogens is 237 g/mol. The van der Waals surface area contributed by atoms with Gasteiger partial charge in [-0.15, -0.1) is 6.08 Å². The second-order valence-electron chi connectivity index (χ2n) is 3.33. The van der Waals surface area contributed by atoms with E-state index in [9.17, 15) is 4.79 Å². The fraction of sp³-hybridized carbons (Fsp3) is 0.500. The molecule has 0 heterocycles. The van der Waals surface area contributed by atoms with Gasteiger partial charge in [0, 0.05) is 0 Å². The van der Waals surface area contributed by atoms with E-state index in [1.165, 1.54) is 19.3 Å². The molecule has 1 fully saturated rings. The Morgan fingerprint density at radius 1 is 1.42 bits per heavy atom. The summed E-state index contributed by atoms with van der Waals surface area (Å²) in [5.41, 5.74) is 2.39. The van der Waals surface area contributed by atoms with Crippen LogP contribution in [0.2, 0.25) is 0 Å². The van der Waals surface area contributed by atoms with E-state index in [2.05, 4.69) is 6.08 Å². The number of allylic oxidation sites excluding steroid dienone is 4. The Hall–Kier alpha value is -0.227. The van der Waals surface area contributed by atoms with Crippen LogP contribution in [0.1, 0.15) is 25.7 Å². The van der Waals surface area contributed by atoms with Crippen molar-refractivity contribution in [1.29, 1.82) is 0 Å². The summed E-state index contributed by atoms with van der Waals surface area (Å²) >= 11 is 0. The molecule has 0 aromatic carbocycles. The molecule has 0 aliphatic heterocycles. The third kappa shape index (κ3) is 1.74. The molecule has 0 bridgehead atoms. The van der Waals surface area contributed by atoms with Crippen LogP contribution in [-0.4, -0.2) is 6.29 Å². The smallest absolute Gasteiger partial charge is 0.419 e. The van der Waals surface area contributed by atoms with Gasteiger partial charge in [-0.25, -0.2) is 6.08 Å². The summed E-state index contributed by atoms with van der Waals surface area (Å²) in [6.45, 7) is 0. The molecule has 0 aromatic heterocycles. The standard InChI is InChI=1S/C10H11O.Ru/c11-7-8-4-5-9-2-1-3-10(9)6-8;/h4-5,10H,1-3,6H2;/q-1;+1. The number of fused-ring (bicyclic) bond motifs is 1. The van der Waals surface area contributed by atoms with E-state index in [-0.39, 0.29) is 19.5 Å². The van der Waals surface area contributed by atoms with Gasteiger partial charge < -0.3 is 4.79 Å². The van der Waals surface area contributed by atoms with Crippen molar-refractivity contribution in [3.8, 4) is 0 Å². The Bertz CT molecular complexity index is 240. The molecule has 65 valence electrons. The monoisotopic (exact) mass is 249 g/mol. The van der Waals surface area contributed by atoms with Gasteiger partial charge in [0.2, 0.25) is 0 Å². The molecule has 2 heteroatoms. The Morgan fingerprint density at radius 3 is 3.00 bits per heavy atom. The molecule has 2 rings (SSSR count). The SMILES string of the molecule is O=[C-]C1=CC=C2CCCC2C1.[Ru+]. The first-order valence-corrected chi connectivity index (χ1v) is 4.18. The minimum atomic E-state index is 0. The Labute approximate surface area is 85.7 Å². The molecule has 1 atom stereocenters. The minimum Gasteiger partial charge on any atom is -0.419 e. The fourth-order valence-corrected chi connectivity index (χ4v) is 2.01. The van der Waals surface area contributed by atoms with Crippen molar-refractivity contribution in [3.63, 3.8) is 0 Å². The van der Waals surface area contributed by atoms with Gasteiger partial charge >= 0.3 is 19.5 Å². The van der Waals surface area contributed by atoms with Crippen molar-refractivity contribution >= 4 is 6.29 Å². The van der Waals surface area contributed by atoms with Gasteiger partial charge in [0.1, 0.15) is 0 Å². The zero-order chi connectivity index (χ0) is 7.68. The first-order chi connectivity index (χ1) is 5.40. The summed E-state index contributed by atoms with van der Waals surface area (Å²) in [7, 11) is 0. The maximum absolute atomic E-state index is 10.3. The molecule has 2 aliphatic carbocycles. The molecular formula is C10H11ORu. The van der Waals surface area contributed by atoms with Crippen LogP contribution in [0.4, 0.5) is 0 Å². The molecule has 0 N–H and O–H groups in total. The zero-order valence-corrected chi connectivity index (χ0v) is 8.56. The number of hydrogen-bond donors (Lipinski definition) is 0. The molecule has 1 saturated carbocycles. The van der Waals surface area contributed by atoms with Gasteiger partial charge in [-0.3, -0.25) is 0 Å². The van der Waals surface area contributed by atoms with Crippen LogP contribution < -0.4 is 0 Å². The molecule has 0 amide bonds. The van der Waals surface area contributed by atoms with Gasteiger partial charge in [0.05, 0.1) is 0 Å².